The zero-order valence-electron chi connectivity index (χ0n) is 55.4. The Morgan fingerprint density at radius 2 is 0.990 bits per heavy atom. The summed E-state index contributed by atoms with van der Waals surface area (Å²) in [4.78, 5) is 174. The van der Waals surface area contributed by atoms with E-state index in [9.17, 15) is 93.0 Å². The van der Waals surface area contributed by atoms with E-state index >= 15 is 0 Å². The molecule has 10 amide bonds. The van der Waals surface area contributed by atoms with Crippen molar-refractivity contribution in [2.45, 2.75) is 242 Å². The van der Waals surface area contributed by atoms with Gasteiger partial charge in [-0.05, 0) is 119 Å². The fourth-order valence-electron chi connectivity index (χ4n) is 10.8. The molecule has 1 fully saturated rings. The zero-order valence-corrected chi connectivity index (χ0v) is 55.4. The number of hydrogen-bond acceptors (Lipinski definition) is 18. The number of nitrogens with zero attached hydrogens (tertiary/aromatic N) is 1. The van der Waals surface area contributed by atoms with Gasteiger partial charge in [0.15, 0.2) is 0 Å². The highest BCUT2D eigenvalue weighted by Crippen LogP contribution is 2.21. The highest BCUT2D eigenvalue weighted by atomic mass is 16.4. The molecule has 0 saturated carbocycles. The van der Waals surface area contributed by atoms with Crippen LogP contribution in [0.5, 0.6) is 11.5 Å². The van der Waals surface area contributed by atoms with Crippen LogP contribution in [-0.2, 0) is 75.2 Å². The number of aliphatic hydroxyl groups is 2. The van der Waals surface area contributed by atoms with E-state index in [0.29, 0.717) is 36.2 Å². The van der Waals surface area contributed by atoms with Crippen LogP contribution in [0.3, 0.4) is 0 Å². The molecule has 1 aliphatic rings. The predicted molar refractivity (Wildman–Crippen MR) is 349 cm³/mol. The number of carboxylic acid groups (broad SMARTS) is 2. The quantitative estimate of drug-likeness (QED) is 0.0315. The molecule has 534 valence electrons. The van der Waals surface area contributed by atoms with Crippen LogP contribution in [0, 0.1) is 5.92 Å². The lowest BCUT2D eigenvalue weighted by Crippen LogP contribution is -2.62. The molecular formula is C66H101N11O19. The predicted octanol–water partition coefficient (Wildman–Crippen LogP) is 0.394. The van der Waals surface area contributed by atoms with Crippen LogP contribution in [0.2, 0.25) is 0 Å². The number of aliphatic carboxylic acids is 2. The summed E-state index contributed by atoms with van der Waals surface area (Å²) in [7, 11) is 0. The summed E-state index contributed by atoms with van der Waals surface area (Å²) >= 11 is 0. The normalized spacial score (nSPS) is 15.9. The Hall–Kier alpha value is -8.77. The molecule has 1 heterocycles. The maximum atomic E-state index is 14.4. The van der Waals surface area contributed by atoms with Gasteiger partial charge in [0, 0.05) is 32.2 Å². The average Bonchev–Trinajstić information content (AvgIpc) is 1.64. The van der Waals surface area contributed by atoms with Gasteiger partial charge in [-0.1, -0.05) is 95.9 Å². The lowest BCUT2D eigenvalue weighted by Gasteiger charge is -2.30. The number of phenolic OH excluding ortho intramolecular Hbond substituents is 2. The fourth-order valence-corrected chi connectivity index (χ4v) is 10.8. The number of primary amides is 1. The first-order chi connectivity index (χ1) is 45.5. The highest BCUT2D eigenvalue weighted by molar-refractivity contribution is 5.99. The number of carboxylic acids is 2. The summed E-state index contributed by atoms with van der Waals surface area (Å²) in [5.41, 5.74) is 12.1. The van der Waals surface area contributed by atoms with Crippen molar-refractivity contribution >= 4 is 77.3 Å². The molecule has 0 aliphatic carbocycles. The number of carbonyl (C=O) groups is 13. The maximum absolute atomic E-state index is 14.4. The van der Waals surface area contributed by atoms with Crippen molar-refractivity contribution in [1.29, 1.82) is 0 Å². The van der Waals surface area contributed by atoms with Crippen molar-refractivity contribution in [3.63, 3.8) is 0 Å². The molecule has 30 heteroatoms. The number of aldehydes is 1. The zero-order chi connectivity index (χ0) is 71.4. The standard InChI is InChI=1S/C66H101N11O19/c1-39(2)15-11-9-7-5-6-8-10-12-16-47(82)37-55(84)71-49(28-31-56(85)86)62(92)72-48(17-13-33-67)61(91)75-52(36-43-21-25-46(81)26-22-43)63(93)76-58(41(4)79)65(95)74-51(29-32-57(87)88)59(89)69-40(3)66(96)77-34-14-18-53(77)64(94)73-50(27-30-54(68)83)60(90)70-44(38-78)35-42-19-23-45(80)24-20-42/h19-26,38-41,44,47-53,58,79-82H,5-18,27-37,67H2,1-4H3,(H2,68,83)(H,69,89)(H,70,90)(H,71,84)(H,72,92)(H,73,94)(H,74,95)(H,75,91)(H,76,93)(H,85,86)(H,87,88)/t40-,41+,44-,47?,48-,49-,50-,51-,52-,53-,58-/m0/s1. The maximum Gasteiger partial charge on any atom is 0.303 e. The molecule has 96 heavy (non-hydrogen) atoms. The van der Waals surface area contributed by atoms with Crippen LogP contribution in [0.1, 0.15) is 174 Å². The molecule has 2 aromatic carbocycles. The number of hydrogen-bond donors (Lipinski definition) is 16. The summed E-state index contributed by atoms with van der Waals surface area (Å²) < 4.78 is 0. The van der Waals surface area contributed by atoms with Gasteiger partial charge in [0.25, 0.3) is 0 Å². The molecule has 30 nitrogen and oxygen atoms in total. The second kappa shape index (κ2) is 43.3. The van der Waals surface area contributed by atoms with Crippen LogP contribution >= 0.6 is 0 Å². The van der Waals surface area contributed by atoms with E-state index in [-0.39, 0.29) is 76.0 Å². The van der Waals surface area contributed by atoms with E-state index in [1.54, 1.807) is 0 Å². The minimum atomic E-state index is -1.94. The lowest BCUT2D eigenvalue weighted by molar-refractivity contribution is -0.142. The van der Waals surface area contributed by atoms with Crippen molar-refractivity contribution < 1.29 is 93.0 Å². The third-order valence-electron chi connectivity index (χ3n) is 16.2. The molecule has 3 rings (SSSR count). The SMILES string of the molecule is CC(C)CCCCCCCCCCC(O)CC(=O)N[C@@H](CCC(=O)O)C(=O)N[C@@H](CCCN)C(=O)N[C@@H](Cc1ccc(O)cc1)C(=O)N[C@H](C(=O)N[C@@H](CCC(=O)O)C(=O)N[C@@H](C)C(=O)N1CCC[C@H]1C(=O)N[C@@H](CCC(N)=O)C(=O)N[C@H](C=O)Cc1ccc(O)cc1)[C@@H](C)O. The van der Waals surface area contributed by atoms with Crippen LogP contribution < -0.4 is 54.0 Å². The van der Waals surface area contributed by atoms with Crippen molar-refractivity contribution in [1.82, 2.24) is 47.4 Å². The number of aromatic hydroxyl groups is 2. The number of aliphatic hydroxyl groups excluding tert-OH is 2. The number of nitrogens with two attached hydrogens (primary N) is 2. The number of carbonyl (C=O) groups excluding carboxylic acids is 11. The average molecular weight is 1350 g/mol. The Morgan fingerprint density at radius 3 is 1.51 bits per heavy atom. The van der Waals surface area contributed by atoms with E-state index < -0.39 is 170 Å². The van der Waals surface area contributed by atoms with Crippen molar-refractivity contribution in [2.75, 3.05) is 13.1 Å². The number of nitrogens with one attached hydrogen (secondary N) is 8. The Kier molecular flexibility index (Phi) is 36.8. The third-order valence-corrected chi connectivity index (χ3v) is 16.2. The van der Waals surface area contributed by atoms with Crippen LogP contribution in [0.15, 0.2) is 48.5 Å². The Bertz CT molecular complexity index is 2880. The Morgan fingerprint density at radius 1 is 0.531 bits per heavy atom. The van der Waals surface area contributed by atoms with Gasteiger partial charge < -0.3 is 94.3 Å². The third kappa shape index (κ3) is 31.2. The fraction of sp³-hybridized carbons (Fsp3) is 0.621. The first kappa shape index (κ1) is 81.5. The monoisotopic (exact) mass is 1350 g/mol. The highest BCUT2D eigenvalue weighted by Gasteiger charge is 2.40. The first-order valence-corrected chi connectivity index (χ1v) is 33.0. The largest absolute Gasteiger partial charge is 0.508 e. The molecule has 11 atom stereocenters. The molecule has 0 bridgehead atoms. The number of likely N-dealkylation sites (tertiary alicyclic amines) is 1. The minimum Gasteiger partial charge on any atom is -0.508 e. The van der Waals surface area contributed by atoms with Crippen molar-refractivity contribution in [3.05, 3.63) is 59.7 Å². The van der Waals surface area contributed by atoms with E-state index in [0.717, 1.165) is 43.9 Å². The summed E-state index contributed by atoms with van der Waals surface area (Å²) in [6.07, 6.45) is 4.00. The number of amides is 10. The van der Waals surface area contributed by atoms with Gasteiger partial charge in [0.1, 0.15) is 66.1 Å². The second-order valence-corrected chi connectivity index (χ2v) is 25.0. The summed E-state index contributed by atoms with van der Waals surface area (Å²) in [6, 6.07) is -2.31. The van der Waals surface area contributed by atoms with Gasteiger partial charge >= 0.3 is 11.9 Å². The lowest BCUT2D eigenvalue weighted by atomic mass is 10.0. The van der Waals surface area contributed by atoms with E-state index in [2.05, 4.69) is 56.4 Å². The molecule has 0 spiro atoms. The van der Waals surface area contributed by atoms with Gasteiger partial charge in [0.05, 0.1) is 24.7 Å². The molecule has 18 N–H and O–H groups in total. The van der Waals surface area contributed by atoms with E-state index in [1.807, 2.05) is 0 Å². The smallest absolute Gasteiger partial charge is 0.303 e. The van der Waals surface area contributed by atoms with E-state index in [4.69, 9.17) is 11.5 Å². The van der Waals surface area contributed by atoms with Gasteiger partial charge in [-0.15, -0.1) is 0 Å². The van der Waals surface area contributed by atoms with Crippen molar-refractivity contribution in [3.8, 4) is 11.5 Å². The number of benzene rings is 2. The summed E-state index contributed by atoms with van der Waals surface area (Å²) in [5.74, 6) is -11.7. The number of phenols is 2. The molecule has 0 radical (unpaired) electrons. The Labute approximate surface area is 559 Å². The summed E-state index contributed by atoms with van der Waals surface area (Å²) in [6.45, 7) is 6.76. The van der Waals surface area contributed by atoms with Crippen LogP contribution in [-0.4, -0.2) is 193 Å². The van der Waals surface area contributed by atoms with Gasteiger partial charge in [0.2, 0.25) is 59.1 Å². The summed E-state index contributed by atoms with van der Waals surface area (Å²) in [5, 5.41) is 80.3. The van der Waals surface area contributed by atoms with E-state index in [1.165, 1.54) is 74.7 Å². The Balaban J connectivity index is 1.78. The molecule has 1 aliphatic heterocycles. The number of rotatable bonds is 47. The molecule has 2 aromatic rings. The molecule has 1 unspecified atom stereocenters. The first-order valence-electron chi connectivity index (χ1n) is 33.0. The molecule has 0 aromatic heterocycles. The minimum absolute atomic E-state index is 0.00763. The van der Waals surface area contributed by atoms with Gasteiger partial charge in [-0.2, -0.15) is 0 Å². The molecular weight excluding hydrogens is 1250 g/mol. The van der Waals surface area contributed by atoms with Crippen LogP contribution in [0.25, 0.3) is 0 Å². The van der Waals surface area contributed by atoms with Gasteiger partial charge in [-0.25, -0.2) is 0 Å². The van der Waals surface area contributed by atoms with Gasteiger partial charge in [-0.3, -0.25) is 57.5 Å². The number of unbranched alkanes of at least 4 members (excludes halogenated alkanes) is 7. The molecule has 1 saturated heterocycles. The second-order valence-electron chi connectivity index (χ2n) is 25.0. The van der Waals surface area contributed by atoms with Crippen LogP contribution in [0.4, 0.5) is 0 Å². The topological polar surface area (TPSA) is 495 Å². The van der Waals surface area contributed by atoms with Crippen molar-refractivity contribution in [2.24, 2.45) is 17.4 Å².